The van der Waals surface area contributed by atoms with Crippen LogP contribution in [0.2, 0.25) is 0 Å². The SMILES string of the molecule is NCC1(N)CC2CCC(C2)C1. The Bertz CT molecular complexity index is 144. The highest BCUT2D eigenvalue weighted by Crippen LogP contribution is 2.44. The molecule has 2 heteroatoms. The van der Waals surface area contributed by atoms with Crippen LogP contribution < -0.4 is 11.5 Å². The van der Waals surface area contributed by atoms with Crippen molar-refractivity contribution in [2.75, 3.05) is 6.54 Å². The molecule has 0 aromatic rings. The molecule has 2 aliphatic carbocycles. The second-order valence-electron chi connectivity index (χ2n) is 4.52. The van der Waals surface area contributed by atoms with E-state index in [1.165, 1.54) is 32.1 Å². The van der Waals surface area contributed by atoms with Gasteiger partial charge in [-0.05, 0) is 31.1 Å². The standard InChI is InChI=1S/C9H18N2/c10-6-9(11)4-7-1-2-8(3-7)5-9/h7-8H,1-6,10-11H2. The molecule has 0 saturated heterocycles. The highest BCUT2D eigenvalue weighted by atomic mass is 14.8. The Balaban J connectivity index is 2.07. The summed E-state index contributed by atoms with van der Waals surface area (Å²) in [6.45, 7) is 0.681. The van der Waals surface area contributed by atoms with Crippen molar-refractivity contribution < 1.29 is 0 Å². The van der Waals surface area contributed by atoms with Crippen LogP contribution in [0.25, 0.3) is 0 Å². The minimum absolute atomic E-state index is 0.00405. The van der Waals surface area contributed by atoms with Gasteiger partial charge < -0.3 is 11.5 Å². The van der Waals surface area contributed by atoms with E-state index in [0.29, 0.717) is 6.54 Å². The normalized spacial score (nSPS) is 49.6. The molecule has 2 nitrogen and oxygen atoms in total. The van der Waals surface area contributed by atoms with Crippen molar-refractivity contribution in [2.45, 2.75) is 37.6 Å². The molecule has 64 valence electrons. The van der Waals surface area contributed by atoms with Gasteiger partial charge in [0.25, 0.3) is 0 Å². The quantitative estimate of drug-likeness (QED) is 0.588. The maximum absolute atomic E-state index is 6.15. The molecule has 0 aliphatic heterocycles. The van der Waals surface area contributed by atoms with Crippen molar-refractivity contribution in [1.82, 2.24) is 0 Å². The summed E-state index contributed by atoms with van der Waals surface area (Å²) in [5.41, 5.74) is 11.8. The summed E-state index contributed by atoms with van der Waals surface area (Å²) < 4.78 is 0. The lowest BCUT2D eigenvalue weighted by atomic mass is 9.76. The molecule has 2 aliphatic rings. The lowest BCUT2D eigenvalue weighted by Crippen LogP contribution is -2.50. The summed E-state index contributed by atoms with van der Waals surface area (Å²) in [5.74, 6) is 1.81. The summed E-state index contributed by atoms with van der Waals surface area (Å²) in [7, 11) is 0. The van der Waals surface area contributed by atoms with E-state index in [2.05, 4.69) is 0 Å². The first-order chi connectivity index (χ1) is 5.22. The van der Waals surface area contributed by atoms with Crippen LogP contribution in [-0.4, -0.2) is 12.1 Å². The Morgan fingerprint density at radius 1 is 1.18 bits per heavy atom. The van der Waals surface area contributed by atoms with Crippen LogP contribution in [-0.2, 0) is 0 Å². The molecule has 2 rings (SSSR count). The maximum atomic E-state index is 6.15. The Kier molecular flexibility index (Phi) is 1.69. The molecular formula is C9H18N2. The Labute approximate surface area is 68.3 Å². The minimum atomic E-state index is 0.00405. The maximum Gasteiger partial charge on any atom is 0.0283 e. The van der Waals surface area contributed by atoms with Crippen molar-refractivity contribution in [3.63, 3.8) is 0 Å². The van der Waals surface area contributed by atoms with Gasteiger partial charge in [0.15, 0.2) is 0 Å². The Morgan fingerprint density at radius 3 is 2.18 bits per heavy atom. The first-order valence-corrected chi connectivity index (χ1v) is 4.71. The van der Waals surface area contributed by atoms with Crippen molar-refractivity contribution in [3.05, 3.63) is 0 Å². The van der Waals surface area contributed by atoms with Crippen LogP contribution >= 0.6 is 0 Å². The number of fused-ring (bicyclic) bond motifs is 2. The van der Waals surface area contributed by atoms with Crippen LogP contribution in [0.4, 0.5) is 0 Å². The third-order valence-electron chi connectivity index (χ3n) is 3.45. The third kappa shape index (κ3) is 1.30. The second kappa shape index (κ2) is 2.46. The summed E-state index contributed by atoms with van der Waals surface area (Å²) in [6, 6.07) is 0. The van der Waals surface area contributed by atoms with Crippen LogP contribution in [0.15, 0.2) is 0 Å². The van der Waals surface area contributed by atoms with E-state index in [1.807, 2.05) is 0 Å². The van der Waals surface area contributed by atoms with Gasteiger partial charge in [0, 0.05) is 12.1 Å². The lowest BCUT2D eigenvalue weighted by Gasteiger charge is -2.36. The zero-order valence-electron chi connectivity index (χ0n) is 7.05. The molecule has 2 unspecified atom stereocenters. The first-order valence-electron chi connectivity index (χ1n) is 4.71. The molecule has 0 radical (unpaired) electrons. The molecule has 11 heavy (non-hydrogen) atoms. The smallest absolute Gasteiger partial charge is 0.0283 e. The fraction of sp³-hybridized carbons (Fsp3) is 1.00. The Hall–Kier alpha value is -0.0800. The molecule has 0 heterocycles. The van der Waals surface area contributed by atoms with E-state index in [0.717, 1.165) is 11.8 Å². The average molecular weight is 154 g/mol. The van der Waals surface area contributed by atoms with E-state index >= 15 is 0 Å². The predicted molar refractivity (Wildman–Crippen MR) is 46.0 cm³/mol. The fourth-order valence-corrected chi connectivity index (χ4v) is 2.95. The monoisotopic (exact) mass is 154 g/mol. The van der Waals surface area contributed by atoms with E-state index in [9.17, 15) is 0 Å². The summed E-state index contributed by atoms with van der Waals surface area (Å²) in [5, 5.41) is 0. The fourth-order valence-electron chi connectivity index (χ4n) is 2.95. The molecule has 2 fully saturated rings. The number of hydrogen-bond donors (Lipinski definition) is 2. The van der Waals surface area contributed by atoms with Crippen LogP contribution in [0.5, 0.6) is 0 Å². The Morgan fingerprint density at radius 2 is 1.73 bits per heavy atom. The summed E-state index contributed by atoms with van der Waals surface area (Å²) in [4.78, 5) is 0. The highest BCUT2D eigenvalue weighted by molar-refractivity contribution is 4.98. The number of nitrogens with two attached hydrogens (primary N) is 2. The van der Waals surface area contributed by atoms with Gasteiger partial charge >= 0.3 is 0 Å². The van der Waals surface area contributed by atoms with Gasteiger partial charge in [0.1, 0.15) is 0 Å². The van der Waals surface area contributed by atoms with Gasteiger partial charge in [0.05, 0.1) is 0 Å². The van der Waals surface area contributed by atoms with E-state index in [-0.39, 0.29) is 5.54 Å². The lowest BCUT2D eigenvalue weighted by molar-refractivity contribution is 0.224. The number of hydrogen-bond acceptors (Lipinski definition) is 2. The molecule has 2 atom stereocenters. The molecule has 2 saturated carbocycles. The molecule has 2 bridgehead atoms. The first kappa shape index (κ1) is 7.56. The van der Waals surface area contributed by atoms with E-state index in [1.54, 1.807) is 0 Å². The van der Waals surface area contributed by atoms with Crippen LogP contribution in [0.1, 0.15) is 32.1 Å². The van der Waals surface area contributed by atoms with Gasteiger partial charge in [-0.25, -0.2) is 0 Å². The highest BCUT2D eigenvalue weighted by Gasteiger charge is 2.40. The molecule has 0 spiro atoms. The predicted octanol–water partition coefficient (Wildman–Crippen LogP) is 0.853. The topological polar surface area (TPSA) is 52.0 Å². The van der Waals surface area contributed by atoms with Crippen molar-refractivity contribution >= 4 is 0 Å². The summed E-state index contributed by atoms with van der Waals surface area (Å²) in [6.07, 6.45) is 6.60. The molecule has 0 aromatic carbocycles. The van der Waals surface area contributed by atoms with E-state index < -0.39 is 0 Å². The molecule has 0 aromatic heterocycles. The molecule has 4 N–H and O–H groups in total. The van der Waals surface area contributed by atoms with Crippen molar-refractivity contribution in [2.24, 2.45) is 23.3 Å². The zero-order chi connectivity index (χ0) is 7.90. The second-order valence-corrected chi connectivity index (χ2v) is 4.52. The van der Waals surface area contributed by atoms with Gasteiger partial charge in [-0.3, -0.25) is 0 Å². The van der Waals surface area contributed by atoms with Crippen molar-refractivity contribution in [3.8, 4) is 0 Å². The summed E-state index contributed by atoms with van der Waals surface area (Å²) >= 11 is 0. The largest absolute Gasteiger partial charge is 0.329 e. The van der Waals surface area contributed by atoms with Crippen LogP contribution in [0, 0.1) is 11.8 Å². The van der Waals surface area contributed by atoms with Gasteiger partial charge in [-0.1, -0.05) is 12.8 Å². The molecular weight excluding hydrogens is 136 g/mol. The van der Waals surface area contributed by atoms with Gasteiger partial charge in [-0.15, -0.1) is 0 Å². The van der Waals surface area contributed by atoms with Crippen LogP contribution in [0.3, 0.4) is 0 Å². The zero-order valence-corrected chi connectivity index (χ0v) is 7.05. The van der Waals surface area contributed by atoms with Crippen molar-refractivity contribution in [1.29, 1.82) is 0 Å². The minimum Gasteiger partial charge on any atom is -0.329 e. The van der Waals surface area contributed by atoms with Gasteiger partial charge in [-0.2, -0.15) is 0 Å². The molecule has 0 amide bonds. The average Bonchev–Trinajstić information content (AvgIpc) is 2.31. The van der Waals surface area contributed by atoms with E-state index in [4.69, 9.17) is 11.5 Å². The third-order valence-corrected chi connectivity index (χ3v) is 3.45. The number of rotatable bonds is 1. The van der Waals surface area contributed by atoms with Gasteiger partial charge in [0.2, 0.25) is 0 Å².